The summed E-state index contributed by atoms with van der Waals surface area (Å²) >= 11 is 0. The van der Waals surface area contributed by atoms with Crippen LogP contribution in [-0.2, 0) is 102 Å². The van der Waals surface area contributed by atoms with Crippen molar-refractivity contribution in [3.05, 3.63) is 0 Å². The van der Waals surface area contributed by atoms with E-state index in [1.54, 1.807) is 0 Å². The zero-order valence-corrected chi connectivity index (χ0v) is 14.6. The average Bonchev–Trinajstić information content (AvgIpc) is 0. The van der Waals surface area contributed by atoms with Gasteiger partial charge in [-0.3, -0.25) is 0 Å². The van der Waals surface area contributed by atoms with Crippen LogP contribution in [-0.4, -0.2) is 48.9 Å². The number of rotatable bonds is 0. The number of hydrogen-bond acceptors (Lipinski definition) is 0. The van der Waals surface area contributed by atoms with Crippen LogP contribution in [0.1, 0.15) is 0 Å². The van der Waals surface area contributed by atoms with Gasteiger partial charge in [-0.2, -0.15) is 0 Å². The Morgan fingerprint density at radius 1 is 0.333 bits per heavy atom. The maximum atomic E-state index is 0. The van der Waals surface area contributed by atoms with Crippen LogP contribution in [0.4, 0.5) is 0 Å². The van der Waals surface area contributed by atoms with Gasteiger partial charge in [0.05, 0.1) is 0 Å². The summed E-state index contributed by atoms with van der Waals surface area (Å²) in [7, 11) is 0. The van der Waals surface area contributed by atoms with Crippen molar-refractivity contribution in [2.24, 2.45) is 0 Å². The molecule has 0 aliphatic carbocycles. The first-order chi connectivity index (χ1) is 0. The summed E-state index contributed by atoms with van der Waals surface area (Å²) in [5, 5.41) is 0. The fourth-order valence-corrected chi connectivity index (χ4v) is 0. The largest absolute Gasteiger partial charge is 3.00 e. The van der Waals surface area contributed by atoms with Gasteiger partial charge < -0.3 is 67.5 Å². The van der Waals surface area contributed by atoms with E-state index in [1.807, 2.05) is 0 Å². The van der Waals surface area contributed by atoms with Crippen molar-refractivity contribution in [1.82, 2.24) is 0 Å². The molecule has 9 heavy (non-hydrogen) atoms. The van der Waals surface area contributed by atoms with Crippen molar-refractivity contribution in [3.8, 4) is 0 Å². The monoisotopic (exact) mass is 528 g/mol. The van der Waals surface area contributed by atoms with Crippen LogP contribution in [0.3, 0.4) is 0 Å². The standard InChI is InChI=1S/2Cu.5S.2Sb/q2*+2;5*-2;2*+3. The van der Waals surface area contributed by atoms with Crippen molar-refractivity contribution in [2.75, 3.05) is 0 Å². The van der Waals surface area contributed by atoms with E-state index in [4.69, 9.17) is 0 Å². The molecule has 0 N–H and O–H groups in total. The molecule has 0 aliphatic heterocycles. The fraction of sp³-hybridized carbons (Fsp3) is 0. The molecule has 9 heteroatoms. The smallest absolute Gasteiger partial charge is 2.00 e. The van der Waals surface area contributed by atoms with Crippen molar-refractivity contribution in [1.29, 1.82) is 0 Å². The fourth-order valence-electron chi connectivity index (χ4n) is 0. The zero-order chi connectivity index (χ0) is 0. The van der Waals surface area contributed by atoms with Crippen LogP contribution in [0.15, 0.2) is 0 Å². The van der Waals surface area contributed by atoms with Gasteiger partial charge in [0.25, 0.3) is 0 Å². The average molecular weight is 531 g/mol. The predicted molar refractivity (Wildman–Crippen MR) is 48.3 cm³/mol. The summed E-state index contributed by atoms with van der Waals surface area (Å²) in [4.78, 5) is 0. The maximum Gasteiger partial charge on any atom is 3.00 e. The minimum Gasteiger partial charge on any atom is -2.00 e. The Kier molecular flexibility index (Phi) is 974. The predicted octanol–water partition coefficient (Wildman–Crippen LogP) is -0.779. The molecule has 0 unspecified atom stereocenters. The third kappa shape index (κ3) is 69.0. The third-order valence-corrected chi connectivity index (χ3v) is 0. The van der Waals surface area contributed by atoms with Crippen molar-refractivity contribution in [2.45, 2.75) is 0 Å². The Hall–Kier alpha value is 4.43. The SMILES string of the molecule is [Cu+2].[Cu+2].[S-2].[S-2].[S-2].[S-2].[S-2].[Sb+3].[Sb+3]. The second kappa shape index (κ2) is 82.8. The Morgan fingerprint density at radius 2 is 0.333 bits per heavy atom. The topological polar surface area (TPSA) is 0 Å². The third-order valence-electron chi connectivity index (χ3n) is 0. The van der Waals surface area contributed by atoms with Crippen molar-refractivity contribution >= 4 is 116 Å². The van der Waals surface area contributed by atoms with Crippen LogP contribution < -0.4 is 0 Å². The van der Waals surface area contributed by atoms with Gasteiger partial charge in [-0.05, 0) is 0 Å². The molecule has 0 heterocycles. The van der Waals surface area contributed by atoms with Gasteiger partial charge in [0.1, 0.15) is 0 Å². The van der Waals surface area contributed by atoms with Gasteiger partial charge in [0.15, 0.2) is 0 Å². The molecule has 0 fully saturated rings. The first-order valence-electron chi connectivity index (χ1n) is 0. The Bertz CT molecular complexity index is 12.9. The van der Waals surface area contributed by atoms with Gasteiger partial charge in [0.2, 0.25) is 0 Å². The molecule has 0 aliphatic rings. The molecule has 0 spiro atoms. The summed E-state index contributed by atoms with van der Waals surface area (Å²) < 4.78 is 0. The van der Waals surface area contributed by atoms with Crippen LogP contribution in [0.2, 0.25) is 0 Å². The Labute approximate surface area is 148 Å². The Balaban J connectivity index is 0. The molecule has 0 amide bonds. The molecule has 6 radical (unpaired) electrons. The molecule has 0 nitrogen and oxygen atoms in total. The molecule has 0 aromatic rings. The van der Waals surface area contributed by atoms with E-state index in [0.717, 1.165) is 0 Å². The van der Waals surface area contributed by atoms with Gasteiger partial charge in [-0.1, -0.05) is 0 Å². The molecule has 0 saturated carbocycles. The van der Waals surface area contributed by atoms with Crippen LogP contribution in [0, 0.1) is 0 Å². The molecule has 0 atom stereocenters. The second-order valence-corrected chi connectivity index (χ2v) is 0. The molecular weight excluding hydrogens is 531 g/mol. The summed E-state index contributed by atoms with van der Waals surface area (Å²) in [5.74, 6) is 0. The van der Waals surface area contributed by atoms with Gasteiger partial charge in [-0.25, -0.2) is 0 Å². The van der Waals surface area contributed by atoms with Crippen LogP contribution in [0.5, 0.6) is 0 Å². The molecule has 0 bridgehead atoms. The summed E-state index contributed by atoms with van der Waals surface area (Å²) in [6.45, 7) is 0. The maximum absolute atomic E-state index is 0. The van der Waals surface area contributed by atoms with Gasteiger partial charge >= 0.3 is 83.0 Å². The second-order valence-electron chi connectivity index (χ2n) is 0. The van der Waals surface area contributed by atoms with E-state index in [9.17, 15) is 0 Å². The molecule has 0 aromatic carbocycles. The summed E-state index contributed by atoms with van der Waals surface area (Å²) in [5.41, 5.74) is 0. The molecule has 62 valence electrons. The summed E-state index contributed by atoms with van der Waals surface area (Å²) in [6.07, 6.45) is 0. The first kappa shape index (κ1) is 106. The first-order valence-corrected chi connectivity index (χ1v) is 0. The minimum atomic E-state index is 0. The van der Waals surface area contributed by atoms with Gasteiger partial charge in [-0.15, -0.1) is 0 Å². The van der Waals surface area contributed by atoms with E-state index in [-0.39, 0.29) is 150 Å². The molecule has 0 aromatic heterocycles. The molecule has 0 rings (SSSR count). The minimum absolute atomic E-state index is 0. The van der Waals surface area contributed by atoms with Crippen LogP contribution in [0.25, 0.3) is 0 Å². The van der Waals surface area contributed by atoms with E-state index in [1.165, 1.54) is 0 Å². The number of hydrogen-bond donors (Lipinski definition) is 0. The van der Waals surface area contributed by atoms with E-state index < -0.39 is 0 Å². The van der Waals surface area contributed by atoms with E-state index in [2.05, 4.69) is 0 Å². The van der Waals surface area contributed by atoms with Crippen molar-refractivity contribution < 1.29 is 34.1 Å². The van der Waals surface area contributed by atoms with E-state index >= 15 is 0 Å². The Morgan fingerprint density at radius 3 is 0.333 bits per heavy atom. The quantitative estimate of drug-likeness (QED) is 0.361. The van der Waals surface area contributed by atoms with E-state index in [0.29, 0.717) is 0 Å². The normalized spacial score (nSPS) is 0. The zero-order valence-electron chi connectivity index (χ0n) is 3.54. The van der Waals surface area contributed by atoms with Crippen LogP contribution >= 0.6 is 0 Å². The molecular formula is Cu2S5Sb2. The summed E-state index contributed by atoms with van der Waals surface area (Å²) in [6, 6.07) is 0. The van der Waals surface area contributed by atoms with Gasteiger partial charge in [0, 0.05) is 0 Å². The molecule has 0 saturated heterocycles. The van der Waals surface area contributed by atoms with Crippen molar-refractivity contribution in [3.63, 3.8) is 0 Å².